The van der Waals surface area contributed by atoms with Gasteiger partial charge < -0.3 is 9.64 Å². The minimum absolute atomic E-state index is 0.0596. The van der Waals surface area contributed by atoms with Gasteiger partial charge in [0.2, 0.25) is 6.17 Å². The number of rotatable bonds is 4. The van der Waals surface area contributed by atoms with Crippen LogP contribution in [0.4, 0.5) is 14.9 Å². The molecule has 0 saturated heterocycles. The topological polar surface area (TPSA) is 71.0 Å². The number of para-hydroxylation sites is 1. The number of carbonyl (C=O) groups excluding carboxylic acids is 2. The minimum Gasteiger partial charge on any atom is -0.445 e. The first-order chi connectivity index (χ1) is 15.0. The fraction of sp³-hybridized carbons (Fsp3) is 0.125. The number of carbonyl (C=O) groups is 2. The SMILES string of the molecule is CN1C(=O)C(NC(=O)OCc2ccccc2)N=C(c2cccc(F)c2)c2ccccc21. The lowest BCUT2D eigenvalue weighted by Crippen LogP contribution is -2.46. The van der Waals surface area contributed by atoms with E-state index >= 15 is 0 Å². The molecule has 31 heavy (non-hydrogen) atoms. The number of benzene rings is 3. The van der Waals surface area contributed by atoms with E-state index in [0.717, 1.165) is 5.56 Å². The molecule has 2 amide bonds. The number of likely N-dealkylation sites (N-methyl/N-ethyl adjacent to an activating group) is 1. The standard InChI is InChI=1S/C24H20FN3O3/c1-28-20-13-6-5-12-19(20)21(17-10-7-11-18(25)14-17)26-22(23(28)29)27-24(30)31-15-16-8-3-2-4-9-16/h2-14,22H,15H2,1H3,(H,27,30). The minimum atomic E-state index is -1.22. The van der Waals surface area contributed by atoms with Crippen LogP contribution in [0.1, 0.15) is 16.7 Å². The molecule has 0 radical (unpaired) electrons. The first kappa shape index (κ1) is 20.3. The van der Waals surface area contributed by atoms with Crippen LogP contribution in [0, 0.1) is 5.82 Å². The number of alkyl carbamates (subject to hydrolysis) is 1. The van der Waals surface area contributed by atoms with Gasteiger partial charge >= 0.3 is 6.09 Å². The van der Waals surface area contributed by atoms with Crippen LogP contribution in [0.2, 0.25) is 0 Å². The second kappa shape index (κ2) is 8.79. The Bertz CT molecular complexity index is 1150. The largest absolute Gasteiger partial charge is 0.445 e. The molecule has 1 N–H and O–H groups in total. The summed E-state index contributed by atoms with van der Waals surface area (Å²) >= 11 is 0. The molecule has 1 unspecified atom stereocenters. The van der Waals surface area contributed by atoms with Gasteiger partial charge in [0.05, 0.1) is 11.4 Å². The number of anilines is 1. The van der Waals surface area contributed by atoms with E-state index in [1.807, 2.05) is 36.4 Å². The van der Waals surface area contributed by atoms with Gasteiger partial charge in [0.25, 0.3) is 5.91 Å². The van der Waals surface area contributed by atoms with Gasteiger partial charge in [-0.05, 0) is 23.8 Å². The number of hydrogen-bond acceptors (Lipinski definition) is 4. The quantitative estimate of drug-likeness (QED) is 0.700. The molecule has 4 rings (SSSR count). The van der Waals surface area contributed by atoms with Gasteiger partial charge in [-0.1, -0.05) is 60.7 Å². The van der Waals surface area contributed by atoms with Gasteiger partial charge in [-0.2, -0.15) is 0 Å². The molecule has 0 saturated carbocycles. The lowest BCUT2D eigenvalue weighted by Gasteiger charge is -2.20. The van der Waals surface area contributed by atoms with Gasteiger partial charge in [-0.15, -0.1) is 0 Å². The lowest BCUT2D eigenvalue weighted by molar-refractivity contribution is -0.120. The first-order valence-electron chi connectivity index (χ1n) is 9.71. The number of fused-ring (bicyclic) bond motifs is 1. The Morgan fingerprint density at radius 1 is 1.06 bits per heavy atom. The van der Waals surface area contributed by atoms with Crippen molar-refractivity contribution in [1.82, 2.24) is 5.32 Å². The smallest absolute Gasteiger partial charge is 0.409 e. The van der Waals surface area contributed by atoms with Gasteiger partial charge in [0.1, 0.15) is 12.4 Å². The van der Waals surface area contributed by atoms with Crippen LogP contribution in [0.3, 0.4) is 0 Å². The number of hydrogen-bond donors (Lipinski definition) is 1. The molecule has 0 spiro atoms. The Kier molecular flexibility index (Phi) is 5.75. The molecule has 6 nitrogen and oxygen atoms in total. The van der Waals surface area contributed by atoms with Crippen molar-refractivity contribution in [3.05, 3.63) is 101 Å². The third-order valence-electron chi connectivity index (χ3n) is 4.91. The van der Waals surface area contributed by atoms with Crippen LogP contribution in [0.15, 0.2) is 83.9 Å². The first-order valence-corrected chi connectivity index (χ1v) is 9.71. The van der Waals surface area contributed by atoms with Crippen molar-refractivity contribution in [2.45, 2.75) is 12.8 Å². The highest BCUT2D eigenvalue weighted by Gasteiger charge is 2.31. The van der Waals surface area contributed by atoms with Crippen LogP contribution in [0.5, 0.6) is 0 Å². The third kappa shape index (κ3) is 4.45. The average molecular weight is 417 g/mol. The highest BCUT2D eigenvalue weighted by atomic mass is 19.1. The summed E-state index contributed by atoms with van der Waals surface area (Å²) in [6.45, 7) is 0.0596. The van der Waals surface area contributed by atoms with Gasteiger partial charge in [-0.25, -0.2) is 14.2 Å². The monoisotopic (exact) mass is 417 g/mol. The molecule has 0 aliphatic carbocycles. The second-order valence-corrected chi connectivity index (χ2v) is 7.01. The maximum atomic E-state index is 13.9. The summed E-state index contributed by atoms with van der Waals surface area (Å²) in [6.07, 6.45) is -2.00. The van der Waals surface area contributed by atoms with E-state index in [4.69, 9.17) is 4.74 Å². The van der Waals surface area contributed by atoms with Crippen molar-refractivity contribution in [3.63, 3.8) is 0 Å². The highest BCUT2D eigenvalue weighted by molar-refractivity contribution is 6.20. The van der Waals surface area contributed by atoms with Crippen LogP contribution in [0.25, 0.3) is 0 Å². The molecule has 1 aliphatic rings. The number of amides is 2. The zero-order valence-corrected chi connectivity index (χ0v) is 16.8. The predicted molar refractivity (Wildman–Crippen MR) is 115 cm³/mol. The zero-order chi connectivity index (χ0) is 21.8. The molecule has 0 bridgehead atoms. The number of benzodiazepines with no additional fused rings is 1. The Morgan fingerprint density at radius 2 is 1.81 bits per heavy atom. The molecule has 1 heterocycles. The number of ether oxygens (including phenoxy) is 1. The Hall–Kier alpha value is -4.00. The normalized spacial score (nSPS) is 15.5. The predicted octanol–water partition coefficient (Wildman–Crippen LogP) is 3.89. The van der Waals surface area contributed by atoms with Gasteiger partial charge in [0, 0.05) is 18.2 Å². The van der Waals surface area contributed by atoms with E-state index in [1.54, 1.807) is 37.4 Å². The van der Waals surface area contributed by atoms with Crippen LogP contribution < -0.4 is 10.2 Å². The van der Waals surface area contributed by atoms with Crippen molar-refractivity contribution >= 4 is 23.4 Å². The zero-order valence-electron chi connectivity index (χ0n) is 16.8. The summed E-state index contributed by atoms with van der Waals surface area (Å²) in [6, 6.07) is 22.4. The molecule has 7 heteroatoms. The van der Waals surface area contributed by atoms with Gasteiger partial charge in [0.15, 0.2) is 0 Å². The molecule has 1 atom stereocenters. The highest BCUT2D eigenvalue weighted by Crippen LogP contribution is 2.27. The van der Waals surface area contributed by atoms with E-state index in [-0.39, 0.29) is 6.61 Å². The second-order valence-electron chi connectivity index (χ2n) is 7.01. The third-order valence-corrected chi connectivity index (χ3v) is 4.91. The van der Waals surface area contributed by atoms with E-state index < -0.39 is 24.0 Å². The summed E-state index contributed by atoms with van der Waals surface area (Å²) in [5.74, 6) is -0.857. The summed E-state index contributed by atoms with van der Waals surface area (Å²) in [5.41, 5.74) is 2.99. The Labute approximate surface area is 179 Å². The van der Waals surface area contributed by atoms with Gasteiger partial charge in [-0.3, -0.25) is 10.1 Å². The van der Waals surface area contributed by atoms with Crippen LogP contribution in [-0.4, -0.2) is 30.9 Å². The summed E-state index contributed by atoms with van der Waals surface area (Å²) in [4.78, 5) is 31.3. The summed E-state index contributed by atoms with van der Waals surface area (Å²) in [5, 5.41) is 2.52. The molecule has 0 fully saturated rings. The maximum Gasteiger partial charge on any atom is 0.409 e. The average Bonchev–Trinajstić information content (AvgIpc) is 2.89. The fourth-order valence-corrected chi connectivity index (χ4v) is 3.36. The van der Waals surface area contributed by atoms with E-state index in [2.05, 4.69) is 10.3 Å². The van der Waals surface area contributed by atoms with Crippen molar-refractivity contribution in [3.8, 4) is 0 Å². The Balaban J connectivity index is 1.65. The van der Waals surface area contributed by atoms with Crippen LogP contribution in [-0.2, 0) is 16.1 Å². The van der Waals surface area contributed by atoms with Crippen molar-refractivity contribution in [2.75, 3.05) is 11.9 Å². The van der Waals surface area contributed by atoms with Crippen LogP contribution >= 0.6 is 0 Å². The Morgan fingerprint density at radius 3 is 2.58 bits per heavy atom. The number of nitrogens with zero attached hydrogens (tertiary/aromatic N) is 2. The summed E-state index contributed by atoms with van der Waals surface area (Å²) < 4.78 is 19.1. The number of halogens is 1. The molecule has 156 valence electrons. The molecule has 1 aliphatic heterocycles. The fourth-order valence-electron chi connectivity index (χ4n) is 3.36. The molecule has 0 aromatic heterocycles. The molecule has 3 aromatic rings. The van der Waals surface area contributed by atoms with E-state index in [0.29, 0.717) is 22.5 Å². The van der Waals surface area contributed by atoms with Crippen molar-refractivity contribution in [1.29, 1.82) is 0 Å². The number of nitrogens with one attached hydrogen (secondary N) is 1. The number of aliphatic imine (C=N–C) groups is 1. The van der Waals surface area contributed by atoms with Crippen molar-refractivity contribution in [2.24, 2.45) is 4.99 Å². The van der Waals surface area contributed by atoms with E-state index in [1.165, 1.54) is 17.0 Å². The summed E-state index contributed by atoms with van der Waals surface area (Å²) in [7, 11) is 1.61. The van der Waals surface area contributed by atoms with E-state index in [9.17, 15) is 14.0 Å². The molecular weight excluding hydrogens is 397 g/mol. The molecular formula is C24H20FN3O3. The molecule has 3 aromatic carbocycles. The maximum absolute atomic E-state index is 13.9. The lowest BCUT2D eigenvalue weighted by atomic mass is 10.0. The van der Waals surface area contributed by atoms with Crippen molar-refractivity contribution < 1.29 is 18.7 Å².